The number of carbonyl (C=O) groups is 1. The Hall–Kier alpha value is -2.53. The molecule has 1 aliphatic carbocycles. The van der Waals surface area contributed by atoms with Crippen molar-refractivity contribution < 1.29 is 28.2 Å². The summed E-state index contributed by atoms with van der Waals surface area (Å²) in [4.78, 5) is 12.9. The molecule has 5 N–H and O–H groups in total. The molecule has 0 fully saturated rings. The molecule has 0 radical (unpaired) electrons. The zero-order chi connectivity index (χ0) is 25.0. The van der Waals surface area contributed by atoms with Crippen molar-refractivity contribution in [2.75, 3.05) is 39.2 Å². The average Bonchev–Trinajstić information content (AvgIpc) is 2.96. The number of rotatable bonds is 8. The number of phenols is 1. The fraction of sp³-hybridized carbons (Fsp3) is 0.458. The summed E-state index contributed by atoms with van der Waals surface area (Å²) in [5, 5.41) is 24.0. The van der Waals surface area contributed by atoms with E-state index in [-0.39, 0.29) is 53.7 Å². The van der Waals surface area contributed by atoms with E-state index in [0.29, 0.717) is 5.75 Å². The summed E-state index contributed by atoms with van der Waals surface area (Å²) in [7, 11) is -0.392. The first kappa shape index (κ1) is 28.7. The number of phenolic OH excluding ortho intramolecular Hbond substituents is 1. The summed E-state index contributed by atoms with van der Waals surface area (Å²) in [6.45, 7) is 0.148. The first-order valence-electron chi connectivity index (χ1n) is 11.1. The lowest BCUT2D eigenvalue weighted by molar-refractivity contribution is -0.130. The molecule has 1 aliphatic rings. The van der Waals surface area contributed by atoms with Gasteiger partial charge >= 0.3 is 0 Å². The van der Waals surface area contributed by atoms with E-state index in [1.165, 1.54) is 22.6 Å². The van der Waals surface area contributed by atoms with Crippen molar-refractivity contribution in [2.45, 2.75) is 42.7 Å². The Balaban J connectivity index is 0.00000432. The SMILES string of the molecule is CN(C)C(=O)COc1ccc2c(c1)CC(NC[C@H](O)c1ccc(O)c(S(C)(=O)=O)c1N)CCC2.Cl. The molecule has 2 aromatic carbocycles. The molecule has 0 saturated carbocycles. The second kappa shape index (κ2) is 11.9. The quantitative estimate of drug-likeness (QED) is 0.301. The monoisotopic (exact) mass is 527 g/mol. The molecule has 2 aromatic rings. The smallest absolute Gasteiger partial charge is 0.259 e. The number of aliphatic hydroxyl groups excluding tert-OH is 1. The van der Waals surface area contributed by atoms with Gasteiger partial charge in [-0.3, -0.25) is 4.79 Å². The molecule has 1 amide bonds. The molecule has 1 unspecified atom stereocenters. The van der Waals surface area contributed by atoms with Crippen LogP contribution in [0.25, 0.3) is 0 Å². The second-order valence-electron chi connectivity index (χ2n) is 8.91. The molecule has 3 rings (SSSR count). The van der Waals surface area contributed by atoms with Gasteiger partial charge in [-0.05, 0) is 55.0 Å². The lowest BCUT2D eigenvalue weighted by Crippen LogP contribution is -2.34. The molecule has 0 spiro atoms. The topological polar surface area (TPSA) is 142 Å². The van der Waals surface area contributed by atoms with Crippen LogP contribution in [0.15, 0.2) is 35.2 Å². The maximum atomic E-state index is 12.0. The number of halogens is 1. The summed E-state index contributed by atoms with van der Waals surface area (Å²) in [5.74, 6) is 0.0883. The van der Waals surface area contributed by atoms with Crippen LogP contribution in [0.1, 0.15) is 35.6 Å². The lowest BCUT2D eigenvalue weighted by atomic mass is 10.0. The molecule has 0 heterocycles. The van der Waals surface area contributed by atoms with Crippen molar-refractivity contribution in [2.24, 2.45) is 0 Å². The van der Waals surface area contributed by atoms with Gasteiger partial charge in [-0.1, -0.05) is 12.1 Å². The summed E-state index contributed by atoms with van der Waals surface area (Å²) < 4.78 is 29.6. The molecule has 0 aromatic heterocycles. The number of nitrogens with two attached hydrogens (primary N) is 1. The highest BCUT2D eigenvalue weighted by Crippen LogP contribution is 2.34. The van der Waals surface area contributed by atoms with Gasteiger partial charge in [0, 0.05) is 38.5 Å². The third-order valence-electron chi connectivity index (χ3n) is 6.04. The zero-order valence-corrected chi connectivity index (χ0v) is 21.8. The number of nitrogens with one attached hydrogen (secondary N) is 1. The van der Waals surface area contributed by atoms with Gasteiger partial charge in [0.05, 0.1) is 11.8 Å². The van der Waals surface area contributed by atoms with E-state index in [1.54, 1.807) is 14.1 Å². The van der Waals surface area contributed by atoms with Gasteiger partial charge in [0.2, 0.25) is 0 Å². The molecular weight excluding hydrogens is 494 g/mol. The molecule has 194 valence electrons. The van der Waals surface area contributed by atoms with Crippen LogP contribution in [0.3, 0.4) is 0 Å². The Morgan fingerprint density at radius 1 is 1.26 bits per heavy atom. The van der Waals surface area contributed by atoms with E-state index >= 15 is 0 Å². The molecular formula is C24H34ClN3O6S. The first-order chi connectivity index (χ1) is 16.0. The largest absolute Gasteiger partial charge is 0.507 e. The highest BCUT2D eigenvalue weighted by molar-refractivity contribution is 7.91. The third kappa shape index (κ3) is 7.23. The van der Waals surface area contributed by atoms with E-state index in [1.807, 2.05) is 18.2 Å². The minimum Gasteiger partial charge on any atom is -0.507 e. The summed E-state index contributed by atoms with van der Waals surface area (Å²) in [6.07, 6.45) is 3.44. The summed E-state index contributed by atoms with van der Waals surface area (Å²) in [6, 6.07) is 8.63. The molecule has 9 nitrogen and oxygen atoms in total. The lowest BCUT2D eigenvalue weighted by Gasteiger charge is -2.21. The van der Waals surface area contributed by atoms with Crippen molar-refractivity contribution >= 4 is 33.8 Å². The Morgan fingerprint density at radius 2 is 1.97 bits per heavy atom. The first-order valence-corrected chi connectivity index (χ1v) is 13.0. The molecule has 2 atom stereocenters. The maximum absolute atomic E-state index is 12.0. The highest BCUT2D eigenvalue weighted by Gasteiger charge is 2.24. The van der Waals surface area contributed by atoms with E-state index in [4.69, 9.17) is 10.5 Å². The minimum atomic E-state index is -3.76. The number of ether oxygens (including phenoxy) is 1. The normalized spacial score (nSPS) is 16.4. The fourth-order valence-electron chi connectivity index (χ4n) is 4.15. The van der Waals surface area contributed by atoms with Gasteiger partial charge in [0.15, 0.2) is 16.4 Å². The molecule has 0 bridgehead atoms. The second-order valence-corrected chi connectivity index (χ2v) is 10.9. The zero-order valence-electron chi connectivity index (χ0n) is 20.2. The van der Waals surface area contributed by atoms with Gasteiger partial charge in [-0.2, -0.15) is 0 Å². The summed E-state index contributed by atoms with van der Waals surface area (Å²) >= 11 is 0. The number of amides is 1. The van der Waals surface area contributed by atoms with Crippen LogP contribution in [-0.4, -0.2) is 69.0 Å². The number of aromatic hydroxyl groups is 1. The maximum Gasteiger partial charge on any atom is 0.259 e. The van der Waals surface area contributed by atoms with Crippen LogP contribution in [0.2, 0.25) is 0 Å². The highest BCUT2D eigenvalue weighted by atomic mass is 35.5. The van der Waals surface area contributed by atoms with Crippen molar-refractivity contribution in [3.05, 3.63) is 47.0 Å². The number of likely N-dealkylation sites (N-methyl/N-ethyl adjacent to an activating group) is 1. The number of nitrogens with zero attached hydrogens (tertiary/aromatic N) is 1. The third-order valence-corrected chi connectivity index (χ3v) is 7.21. The number of aliphatic hydroxyl groups is 1. The predicted octanol–water partition coefficient (Wildman–Crippen LogP) is 1.84. The number of hydrogen-bond donors (Lipinski definition) is 4. The number of hydrogen-bond acceptors (Lipinski definition) is 8. The van der Waals surface area contributed by atoms with Crippen molar-refractivity contribution in [1.82, 2.24) is 10.2 Å². The number of aryl methyl sites for hydroxylation is 1. The number of carbonyl (C=O) groups excluding carboxylic acids is 1. The number of benzene rings is 2. The number of sulfone groups is 1. The van der Waals surface area contributed by atoms with Gasteiger partial charge in [0.1, 0.15) is 16.4 Å². The van der Waals surface area contributed by atoms with Crippen LogP contribution in [0.4, 0.5) is 5.69 Å². The van der Waals surface area contributed by atoms with Gasteiger partial charge in [-0.15, -0.1) is 12.4 Å². The Kier molecular flexibility index (Phi) is 9.79. The van der Waals surface area contributed by atoms with Gasteiger partial charge in [-0.25, -0.2) is 8.42 Å². The van der Waals surface area contributed by atoms with Gasteiger partial charge in [0.25, 0.3) is 5.91 Å². The van der Waals surface area contributed by atoms with Gasteiger partial charge < -0.3 is 30.9 Å². The van der Waals surface area contributed by atoms with Crippen molar-refractivity contribution in [3.8, 4) is 11.5 Å². The Bertz CT molecular complexity index is 1160. The molecule has 35 heavy (non-hydrogen) atoms. The minimum absolute atomic E-state index is 0. The van der Waals surface area contributed by atoms with Crippen molar-refractivity contribution in [1.29, 1.82) is 0 Å². The van der Waals surface area contributed by atoms with E-state index in [0.717, 1.165) is 37.5 Å². The molecule has 0 saturated heterocycles. The summed E-state index contributed by atoms with van der Waals surface area (Å²) in [5.41, 5.74) is 8.46. The number of nitrogen functional groups attached to an aromatic ring is 1. The van der Waals surface area contributed by atoms with Crippen LogP contribution < -0.4 is 15.8 Å². The van der Waals surface area contributed by atoms with E-state index in [2.05, 4.69) is 5.32 Å². The van der Waals surface area contributed by atoms with E-state index in [9.17, 15) is 23.4 Å². The van der Waals surface area contributed by atoms with Crippen LogP contribution in [0, 0.1) is 0 Å². The van der Waals surface area contributed by atoms with Crippen LogP contribution >= 0.6 is 12.4 Å². The van der Waals surface area contributed by atoms with E-state index < -0.39 is 21.7 Å². The molecule has 11 heteroatoms. The number of anilines is 1. The predicted molar refractivity (Wildman–Crippen MR) is 137 cm³/mol. The average molecular weight is 528 g/mol. The Morgan fingerprint density at radius 3 is 2.63 bits per heavy atom. The van der Waals surface area contributed by atoms with Crippen LogP contribution in [-0.2, 0) is 27.5 Å². The number of fused-ring (bicyclic) bond motifs is 1. The van der Waals surface area contributed by atoms with Crippen LogP contribution in [0.5, 0.6) is 11.5 Å². The van der Waals surface area contributed by atoms with Crippen molar-refractivity contribution in [3.63, 3.8) is 0 Å². The molecule has 0 aliphatic heterocycles. The standard InChI is InChI=1S/C24H33N3O6S.ClH/c1-27(2)22(30)14-33-18-8-7-15-5-4-6-17(11-16(15)12-18)26-13-21(29)19-9-10-20(28)24(23(19)25)34(3,31)32;/h7-10,12,17,21,26,28-29H,4-6,11,13-14,25H2,1-3H3;1H/t17?,21-;/m0./s1. The Labute approximate surface area is 212 Å². The fourth-order valence-corrected chi connectivity index (χ4v) is 5.12.